The molecule has 0 fully saturated rings. The van der Waals surface area contributed by atoms with E-state index in [4.69, 9.17) is 0 Å². The Bertz CT molecular complexity index is 254. The minimum absolute atomic E-state index is 0.470. The van der Waals surface area contributed by atoms with Gasteiger partial charge in [0.2, 0.25) is 12.2 Å². The van der Waals surface area contributed by atoms with Gasteiger partial charge in [0.25, 0.3) is 5.91 Å². The molecule has 0 saturated heterocycles. The molecule has 0 rings (SSSR count). The van der Waals surface area contributed by atoms with E-state index in [0.717, 1.165) is 25.7 Å². The lowest BCUT2D eigenvalue weighted by atomic mass is 10.1. The smallest absolute Gasteiger partial charge is 0.289 e. The third-order valence-electron chi connectivity index (χ3n) is 2.47. The minimum atomic E-state index is -0.686. The van der Waals surface area contributed by atoms with E-state index in [9.17, 15) is 14.4 Å². The van der Waals surface area contributed by atoms with Crippen molar-refractivity contribution >= 4 is 18.1 Å². The van der Waals surface area contributed by atoms with E-state index in [1.54, 1.807) is 0 Å². The second-order valence-electron chi connectivity index (χ2n) is 3.95. The van der Waals surface area contributed by atoms with Crippen LogP contribution in [-0.4, -0.2) is 30.7 Å². The van der Waals surface area contributed by atoms with Gasteiger partial charge in [-0.05, 0) is 12.8 Å². The Kier molecular flexibility index (Phi) is 9.01. The quantitative estimate of drug-likeness (QED) is 0.337. The van der Waals surface area contributed by atoms with Gasteiger partial charge in [0.1, 0.15) is 0 Å². The molecule has 0 radical (unpaired) electrons. The van der Waals surface area contributed by atoms with Crippen molar-refractivity contribution in [1.29, 1.82) is 0 Å². The van der Waals surface area contributed by atoms with Crippen LogP contribution in [0.15, 0.2) is 0 Å². The predicted molar refractivity (Wildman–Crippen MR) is 65.4 cm³/mol. The van der Waals surface area contributed by atoms with Gasteiger partial charge < -0.3 is 10.6 Å². The average Bonchev–Trinajstić information content (AvgIpc) is 2.33. The summed E-state index contributed by atoms with van der Waals surface area (Å²) < 4.78 is 0. The van der Waals surface area contributed by atoms with Crippen molar-refractivity contribution < 1.29 is 14.4 Å². The van der Waals surface area contributed by atoms with Gasteiger partial charge in [0, 0.05) is 6.54 Å². The maximum atomic E-state index is 11.7. The van der Waals surface area contributed by atoms with E-state index in [2.05, 4.69) is 10.6 Å². The summed E-state index contributed by atoms with van der Waals surface area (Å²) in [6.07, 6.45) is 4.51. The summed E-state index contributed by atoms with van der Waals surface area (Å²) in [5.41, 5.74) is 0. The zero-order valence-corrected chi connectivity index (χ0v) is 10.6. The number of amides is 2. The number of unbranched alkanes of at least 4 members (excludes halogenated alkanes) is 2. The highest BCUT2D eigenvalue weighted by Crippen LogP contribution is 2.01. The lowest BCUT2D eigenvalue weighted by Crippen LogP contribution is -2.45. The molecule has 0 aromatic heterocycles. The van der Waals surface area contributed by atoms with Crippen LogP contribution in [0.5, 0.6) is 0 Å². The fourth-order valence-corrected chi connectivity index (χ4v) is 1.40. The van der Waals surface area contributed by atoms with E-state index in [1.807, 2.05) is 13.8 Å². The van der Waals surface area contributed by atoms with Gasteiger partial charge in [-0.25, -0.2) is 0 Å². The standard InChI is InChI=1S/C12H22N2O3/c1-3-5-7-10(14-9-15)11(16)12(17)13-8-6-4-2/h9-10H,3-8H2,1-2H3,(H,13,17)(H,14,15). The zero-order valence-electron chi connectivity index (χ0n) is 10.6. The Hall–Kier alpha value is -1.39. The van der Waals surface area contributed by atoms with Crippen molar-refractivity contribution in [3.05, 3.63) is 0 Å². The number of carbonyl (C=O) groups excluding carboxylic acids is 3. The third-order valence-corrected chi connectivity index (χ3v) is 2.47. The summed E-state index contributed by atoms with van der Waals surface area (Å²) in [6.45, 7) is 4.50. The van der Waals surface area contributed by atoms with Crippen LogP contribution in [0.3, 0.4) is 0 Å². The maximum Gasteiger partial charge on any atom is 0.289 e. The van der Waals surface area contributed by atoms with Crippen molar-refractivity contribution in [3.63, 3.8) is 0 Å². The number of Topliss-reactive ketones (excluding diaryl/α,β-unsaturated/α-hetero) is 1. The molecule has 5 heteroatoms. The fourth-order valence-electron chi connectivity index (χ4n) is 1.40. The van der Waals surface area contributed by atoms with Crippen molar-refractivity contribution in [3.8, 4) is 0 Å². The molecule has 0 aliphatic heterocycles. The van der Waals surface area contributed by atoms with Crippen LogP contribution in [0.25, 0.3) is 0 Å². The number of carbonyl (C=O) groups is 3. The molecule has 0 aliphatic carbocycles. The SMILES string of the molecule is CCCCNC(=O)C(=O)C(CCCC)NC=O. The van der Waals surface area contributed by atoms with E-state index < -0.39 is 17.7 Å². The summed E-state index contributed by atoms with van der Waals surface area (Å²) in [6, 6.07) is -0.686. The topological polar surface area (TPSA) is 75.3 Å². The molecule has 2 amide bonds. The number of ketones is 1. The van der Waals surface area contributed by atoms with Crippen molar-refractivity contribution in [1.82, 2.24) is 10.6 Å². The normalized spacial score (nSPS) is 11.6. The van der Waals surface area contributed by atoms with Crippen LogP contribution in [-0.2, 0) is 14.4 Å². The monoisotopic (exact) mass is 242 g/mol. The molecule has 5 nitrogen and oxygen atoms in total. The fraction of sp³-hybridized carbons (Fsp3) is 0.750. The predicted octanol–water partition coefficient (Wildman–Crippen LogP) is 0.777. The van der Waals surface area contributed by atoms with Gasteiger partial charge in [-0.15, -0.1) is 0 Å². The van der Waals surface area contributed by atoms with Gasteiger partial charge in [-0.2, -0.15) is 0 Å². The number of rotatable bonds is 10. The molecule has 98 valence electrons. The molecule has 17 heavy (non-hydrogen) atoms. The summed E-state index contributed by atoms with van der Waals surface area (Å²) in [7, 11) is 0. The molecular formula is C12H22N2O3. The largest absolute Gasteiger partial charge is 0.349 e. The molecule has 1 atom stereocenters. The summed E-state index contributed by atoms with van der Waals surface area (Å²) in [5, 5.41) is 4.95. The van der Waals surface area contributed by atoms with Gasteiger partial charge in [-0.1, -0.05) is 33.1 Å². The molecule has 0 aromatic rings. The first kappa shape index (κ1) is 15.6. The van der Waals surface area contributed by atoms with Crippen LogP contribution < -0.4 is 10.6 Å². The molecule has 0 heterocycles. The van der Waals surface area contributed by atoms with Crippen molar-refractivity contribution in [2.75, 3.05) is 6.54 Å². The molecular weight excluding hydrogens is 220 g/mol. The van der Waals surface area contributed by atoms with Gasteiger partial charge in [-0.3, -0.25) is 14.4 Å². The van der Waals surface area contributed by atoms with Gasteiger partial charge in [0.15, 0.2) is 0 Å². The number of hydrogen-bond acceptors (Lipinski definition) is 3. The summed E-state index contributed by atoms with van der Waals surface area (Å²) in [5.74, 6) is -1.16. The highest BCUT2D eigenvalue weighted by Gasteiger charge is 2.23. The van der Waals surface area contributed by atoms with Crippen molar-refractivity contribution in [2.45, 2.75) is 52.0 Å². The Morgan fingerprint density at radius 2 is 1.82 bits per heavy atom. The third kappa shape index (κ3) is 6.71. The second kappa shape index (κ2) is 9.81. The highest BCUT2D eigenvalue weighted by molar-refractivity contribution is 6.38. The first-order chi connectivity index (χ1) is 8.17. The Balaban J connectivity index is 4.18. The molecule has 2 N–H and O–H groups in total. The zero-order chi connectivity index (χ0) is 13.1. The summed E-state index contributed by atoms with van der Waals surface area (Å²) in [4.78, 5) is 33.6. The van der Waals surface area contributed by atoms with Crippen LogP contribution >= 0.6 is 0 Å². The molecule has 0 aromatic carbocycles. The molecule has 0 aliphatic rings. The van der Waals surface area contributed by atoms with E-state index in [1.165, 1.54) is 0 Å². The first-order valence-electron chi connectivity index (χ1n) is 6.19. The lowest BCUT2D eigenvalue weighted by Gasteiger charge is -2.13. The van der Waals surface area contributed by atoms with Crippen LogP contribution in [0.4, 0.5) is 0 Å². The first-order valence-corrected chi connectivity index (χ1v) is 6.19. The Labute approximate surface area is 102 Å². The van der Waals surface area contributed by atoms with E-state index in [0.29, 0.717) is 19.4 Å². The highest BCUT2D eigenvalue weighted by atomic mass is 16.2. The Morgan fingerprint density at radius 3 is 2.35 bits per heavy atom. The average molecular weight is 242 g/mol. The molecule has 0 bridgehead atoms. The van der Waals surface area contributed by atoms with Gasteiger partial charge in [0.05, 0.1) is 6.04 Å². The van der Waals surface area contributed by atoms with Crippen molar-refractivity contribution in [2.24, 2.45) is 0 Å². The molecule has 1 unspecified atom stereocenters. The molecule has 0 spiro atoms. The molecule has 0 saturated carbocycles. The van der Waals surface area contributed by atoms with Gasteiger partial charge >= 0.3 is 0 Å². The maximum absolute atomic E-state index is 11.7. The second-order valence-corrected chi connectivity index (χ2v) is 3.95. The number of hydrogen-bond donors (Lipinski definition) is 2. The minimum Gasteiger partial charge on any atom is -0.349 e. The van der Waals surface area contributed by atoms with Crippen LogP contribution in [0, 0.1) is 0 Å². The van der Waals surface area contributed by atoms with E-state index in [-0.39, 0.29) is 0 Å². The van der Waals surface area contributed by atoms with Crippen LogP contribution in [0.2, 0.25) is 0 Å². The summed E-state index contributed by atoms with van der Waals surface area (Å²) >= 11 is 0. The van der Waals surface area contributed by atoms with E-state index >= 15 is 0 Å². The Morgan fingerprint density at radius 1 is 1.18 bits per heavy atom. The van der Waals surface area contributed by atoms with Crippen LogP contribution in [0.1, 0.15) is 46.0 Å². The lowest BCUT2D eigenvalue weighted by molar-refractivity contribution is -0.139. The number of nitrogens with one attached hydrogen (secondary N) is 2.